The van der Waals surface area contributed by atoms with E-state index in [4.69, 9.17) is 16.7 Å². The van der Waals surface area contributed by atoms with E-state index in [1.54, 1.807) is 24.3 Å². The maximum absolute atomic E-state index is 11.9. The van der Waals surface area contributed by atoms with Crippen molar-refractivity contribution in [3.63, 3.8) is 0 Å². The lowest BCUT2D eigenvalue weighted by molar-refractivity contribution is 0.0951. The molecule has 98 valence electrons. The summed E-state index contributed by atoms with van der Waals surface area (Å²) < 4.78 is 0. The Morgan fingerprint density at radius 1 is 1.05 bits per heavy atom. The Labute approximate surface area is 116 Å². The van der Waals surface area contributed by atoms with E-state index in [-0.39, 0.29) is 12.5 Å². The smallest absolute Gasteiger partial charge is 0.253 e. The topological polar surface area (TPSA) is 49.3 Å². The predicted octanol–water partition coefficient (Wildman–Crippen LogP) is 2.76. The van der Waals surface area contributed by atoms with Gasteiger partial charge in [0.15, 0.2) is 0 Å². The van der Waals surface area contributed by atoms with E-state index in [9.17, 15) is 4.79 Å². The van der Waals surface area contributed by atoms with Crippen molar-refractivity contribution in [3.05, 3.63) is 70.2 Å². The second kappa shape index (κ2) is 6.36. The number of hydrogen-bond acceptors (Lipinski definition) is 2. The number of benzene rings is 2. The van der Waals surface area contributed by atoms with Gasteiger partial charge >= 0.3 is 0 Å². The van der Waals surface area contributed by atoms with Crippen LogP contribution in [0.4, 0.5) is 0 Å². The van der Waals surface area contributed by atoms with Gasteiger partial charge in [0.05, 0.1) is 17.2 Å². The Balaban J connectivity index is 1.98. The van der Waals surface area contributed by atoms with Crippen molar-refractivity contribution < 1.29 is 9.90 Å². The third-order valence-electron chi connectivity index (χ3n) is 2.78. The summed E-state index contributed by atoms with van der Waals surface area (Å²) in [6, 6.07) is 14.3. The molecule has 19 heavy (non-hydrogen) atoms. The fourth-order valence-electron chi connectivity index (χ4n) is 1.69. The molecular formula is C15H14ClNO2. The van der Waals surface area contributed by atoms with E-state index < -0.39 is 0 Å². The van der Waals surface area contributed by atoms with Crippen LogP contribution in [-0.2, 0) is 13.2 Å². The van der Waals surface area contributed by atoms with E-state index in [0.29, 0.717) is 17.1 Å². The zero-order chi connectivity index (χ0) is 13.7. The molecule has 0 heterocycles. The fraction of sp³-hybridized carbons (Fsp3) is 0.133. The Morgan fingerprint density at radius 3 is 2.32 bits per heavy atom. The molecule has 2 aromatic rings. The maximum Gasteiger partial charge on any atom is 0.253 e. The highest BCUT2D eigenvalue weighted by Crippen LogP contribution is 2.14. The van der Waals surface area contributed by atoms with E-state index >= 15 is 0 Å². The standard InChI is InChI=1S/C15H14ClNO2/c16-14-4-2-1-3-13(14)15(19)17-9-11-5-7-12(10-18)8-6-11/h1-8,18H,9-10H2,(H,17,19). The molecule has 0 aliphatic rings. The zero-order valence-corrected chi connectivity index (χ0v) is 11.0. The third kappa shape index (κ3) is 3.56. The number of carbonyl (C=O) groups excluding carboxylic acids is 1. The van der Waals surface area contributed by atoms with Gasteiger partial charge in [0.2, 0.25) is 0 Å². The molecule has 2 N–H and O–H groups in total. The van der Waals surface area contributed by atoms with Crippen molar-refractivity contribution in [1.29, 1.82) is 0 Å². The number of hydrogen-bond donors (Lipinski definition) is 2. The first-order valence-corrected chi connectivity index (χ1v) is 6.30. The predicted molar refractivity (Wildman–Crippen MR) is 75.0 cm³/mol. The lowest BCUT2D eigenvalue weighted by Gasteiger charge is -2.07. The molecule has 0 bridgehead atoms. The molecule has 0 fully saturated rings. The summed E-state index contributed by atoms with van der Waals surface area (Å²) >= 11 is 5.95. The summed E-state index contributed by atoms with van der Waals surface area (Å²) in [5.74, 6) is -0.197. The molecular weight excluding hydrogens is 262 g/mol. The van der Waals surface area contributed by atoms with E-state index in [1.807, 2.05) is 24.3 Å². The summed E-state index contributed by atoms with van der Waals surface area (Å²) in [5.41, 5.74) is 2.29. The van der Waals surface area contributed by atoms with Crippen LogP contribution in [0.2, 0.25) is 5.02 Å². The maximum atomic E-state index is 11.9. The van der Waals surface area contributed by atoms with Gasteiger partial charge < -0.3 is 10.4 Å². The first kappa shape index (κ1) is 13.6. The fourth-order valence-corrected chi connectivity index (χ4v) is 1.91. The van der Waals surface area contributed by atoms with Crippen molar-refractivity contribution >= 4 is 17.5 Å². The molecule has 0 saturated carbocycles. The summed E-state index contributed by atoms with van der Waals surface area (Å²) in [4.78, 5) is 11.9. The number of amides is 1. The summed E-state index contributed by atoms with van der Waals surface area (Å²) in [5, 5.41) is 12.2. The molecule has 0 aliphatic carbocycles. The number of carbonyl (C=O) groups is 1. The number of rotatable bonds is 4. The largest absolute Gasteiger partial charge is 0.392 e. The highest BCUT2D eigenvalue weighted by Gasteiger charge is 2.08. The van der Waals surface area contributed by atoms with Gasteiger partial charge in [-0.15, -0.1) is 0 Å². The van der Waals surface area contributed by atoms with Gasteiger partial charge in [0.1, 0.15) is 0 Å². The molecule has 0 aromatic heterocycles. The van der Waals surface area contributed by atoms with Crippen molar-refractivity contribution in [3.8, 4) is 0 Å². The minimum atomic E-state index is -0.197. The summed E-state index contributed by atoms with van der Waals surface area (Å²) in [6.07, 6.45) is 0. The van der Waals surface area contributed by atoms with E-state index in [1.165, 1.54) is 0 Å². The summed E-state index contributed by atoms with van der Waals surface area (Å²) in [6.45, 7) is 0.446. The molecule has 3 nitrogen and oxygen atoms in total. The molecule has 1 amide bonds. The zero-order valence-electron chi connectivity index (χ0n) is 10.3. The van der Waals surface area contributed by atoms with Crippen LogP contribution in [0, 0.1) is 0 Å². The monoisotopic (exact) mass is 275 g/mol. The number of nitrogens with one attached hydrogen (secondary N) is 1. The molecule has 4 heteroatoms. The van der Waals surface area contributed by atoms with Gasteiger partial charge in [-0.05, 0) is 23.3 Å². The first-order chi connectivity index (χ1) is 9.20. The molecule has 0 saturated heterocycles. The third-order valence-corrected chi connectivity index (χ3v) is 3.11. The molecule has 0 atom stereocenters. The highest BCUT2D eigenvalue weighted by molar-refractivity contribution is 6.33. The average Bonchev–Trinajstić information content (AvgIpc) is 2.46. The van der Waals surface area contributed by atoms with Gasteiger partial charge in [0, 0.05) is 6.54 Å². The van der Waals surface area contributed by atoms with Crippen molar-refractivity contribution in [2.45, 2.75) is 13.2 Å². The van der Waals surface area contributed by atoms with Crippen LogP contribution in [0.25, 0.3) is 0 Å². The summed E-state index contributed by atoms with van der Waals surface area (Å²) in [7, 11) is 0. The first-order valence-electron chi connectivity index (χ1n) is 5.92. The van der Waals surface area contributed by atoms with Crippen LogP contribution < -0.4 is 5.32 Å². The van der Waals surface area contributed by atoms with Gasteiger partial charge in [0.25, 0.3) is 5.91 Å². The Bertz CT molecular complexity index is 567. The lowest BCUT2D eigenvalue weighted by atomic mass is 10.1. The van der Waals surface area contributed by atoms with Crippen LogP contribution in [0.3, 0.4) is 0 Å². The van der Waals surface area contributed by atoms with Crippen molar-refractivity contribution in [1.82, 2.24) is 5.32 Å². The molecule has 0 radical (unpaired) electrons. The molecule has 2 rings (SSSR count). The van der Waals surface area contributed by atoms with Crippen LogP contribution >= 0.6 is 11.6 Å². The SMILES string of the molecule is O=C(NCc1ccc(CO)cc1)c1ccccc1Cl. The minimum absolute atomic E-state index is 0.0201. The van der Waals surface area contributed by atoms with E-state index in [2.05, 4.69) is 5.32 Å². The van der Waals surface area contributed by atoms with Crippen LogP contribution in [-0.4, -0.2) is 11.0 Å². The van der Waals surface area contributed by atoms with Crippen LogP contribution in [0.15, 0.2) is 48.5 Å². The second-order valence-corrected chi connectivity index (χ2v) is 4.54. The van der Waals surface area contributed by atoms with Crippen LogP contribution in [0.5, 0.6) is 0 Å². The second-order valence-electron chi connectivity index (χ2n) is 4.14. The van der Waals surface area contributed by atoms with Crippen molar-refractivity contribution in [2.24, 2.45) is 0 Å². The molecule has 0 aliphatic heterocycles. The quantitative estimate of drug-likeness (QED) is 0.901. The number of aliphatic hydroxyl groups is 1. The van der Waals surface area contributed by atoms with Crippen LogP contribution in [0.1, 0.15) is 21.5 Å². The molecule has 0 spiro atoms. The Morgan fingerprint density at radius 2 is 1.68 bits per heavy atom. The molecule has 2 aromatic carbocycles. The average molecular weight is 276 g/mol. The number of halogens is 1. The Hall–Kier alpha value is -1.84. The highest BCUT2D eigenvalue weighted by atomic mass is 35.5. The molecule has 0 unspecified atom stereocenters. The van der Waals surface area contributed by atoms with Crippen molar-refractivity contribution in [2.75, 3.05) is 0 Å². The normalized spacial score (nSPS) is 10.2. The van der Waals surface area contributed by atoms with Gasteiger partial charge in [-0.3, -0.25) is 4.79 Å². The van der Waals surface area contributed by atoms with Gasteiger partial charge in [-0.25, -0.2) is 0 Å². The van der Waals surface area contributed by atoms with E-state index in [0.717, 1.165) is 11.1 Å². The van der Waals surface area contributed by atoms with Gasteiger partial charge in [-0.1, -0.05) is 48.0 Å². The number of aliphatic hydroxyl groups excluding tert-OH is 1. The minimum Gasteiger partial charge on any atom is -0.392 e. The van der Waals surface area contributed by atoms with Gasteiger partial charge in [-0.2, -0.15) is 0 Å². The lowest BCUT2D eigenvalue weighted by Crippen LogP contribution is -2.23. The Kier molecular flexibility index (Phi) is 4.55.